The summed E-state index contributed by atoms with van der Waals surface area (Å²) in [6.07, 6.45) is 4.56. The van der Waals surface area contributed by atoms with E-state index in [0.29, 0.717) is 62.2 Å². The van der Waals surface area contributed by atoms with Crippen molar-refractivity contribution < 1.29 is 23.5 Å². The van der Waals surface area contributed by atoms with Crippen LogP contribution in [-0.2, 0) is 9.59 Å². The zero-order valence-corrected chi connectivity index (χ0v) is 22.5. The Kier molecular flexibility index (Phi) is 8.96. The molecule has 0 bridgehead atoms. The minimum Gasteiger partial charge on any atom is -0.479 e. The smallest absolute Gasteiger partial charge is 0.268 e. The summed E-state index contributed by atoms with van der Waals surface area (Å²) in [6.45, 7) is 12.9. The van der Waals surface area contributed by atoms with Crippen molar-refractivity contribution in [1.29, 1.82) is 0 Å². The first kappa shape index (κ1) is 27.8. The number of aliphatic imine (C=N–C) groups is 1. The van der Waals surface area contributed by atoms with E-state index in [1.165, 1.54) is 30.5 Å². The molecule has 206 valence electrons. The maximum Gasteiger partial charge on any atom is 0.268 e. The Morgan fingerprint density at radius 1 is 1.18 bits per heavy atom. The van der Waals surface area contributed by atoms with Gasteiger partial charge < -0.3 is 24.2 Å². The van der Waals surface area contributed by atoms with E-state index >= 15 is 0 Å². The third-order valence-electron chi connectivity index (χ3n) is 6.85. The SMILES string of the molecule is C=C/C(=C\N=C(/C)N1CC(C(=O)N(CC)CC)C1)N1CC[C@@H](Oc2ccc(Oc3ccc(F)cc3)nc2)C1=O. The monoisotopic (exact) mass is 535 g/mol. The minimum absolute atomic E-state index is 0.00555. The molecule has 4 rings (SSSR count). The summed E-state index contributed by atoms with van der Waals surface area (Å²) in [5, 5.41) is 0. The number of rotatable bonds is 10. The molecule has 0 radical (unpaired) electrons. The van der Waals surface area contributed by atoms with Crippen molar-refractivity contribution in [2.45, 2.75) is 33.3 Å². The van der Waals surface area contributed by atoms with Crippen molar-refractivity contribution >= 4 is 17.6 Å². The molecule has 0 N–H and O–H groups in total. The molecule has 2 amide bonds. The summed E-state index contributed by atoms with van der Waals surface area (Å²) in [4.78, 5) is 39.8. The molecule has 2 fully saturated rings. The molecule has 1 aromatic carbocycles. The Morgan fingerprint density at radius 2 is 1.87 bits per heavy atom. The largest absolute Gasteiger partial charge is 0.479 e. The molecule has 10 heteroatoms. The molecule has 1 aromatic heterocycles. The standard InChI is InChI=1S/C29H34FN5O4/c1-5-23(16-31-20(4)34-18-21(19-34)28(36)33(6-2)7-3)35-15-14-26(29(35)37)38-25-12-13-27(32-17-25)39-24-10-8-22(30)9-11-24/h5,8-13,16-17,21,26H,1,6-7,14-15,18-19H2,2-4H3/b23-16+,31-20+/t26-/m1/s1. The second-order valence-electron chi connectivity index (χ2n) is 9.32. The summed E-state index contributed by atoms with van der Waals surface area (Å²) in [5.74, 6) is 1.65. The predicted octanol–water partition coefficient (Wildman–Crippen LogP) is 4.24. The summed E-state index contributed by atoms with van der Waals surface area (Å²) in [7, 11) is 0. The van der Waals surface area contributed by atoms with Gasteiger partial charge in [0.1, 0.15) is 23.2 Å². The molecule has 39 heavy (non-hydrogen) atoms. The summed E-state index contributed by atoms with van der Waals surface area (Å²) < 4.78 is 24.6. The lowest BCUT2D eigenvalue weighted by Gasteiger charge is -2.41. The van der Waals surface area contributed by atoms with Crippen LogP contribution in [0, 0.1) is 11.7 Å². The Labute approximate surface area is 228 Å². The van der Waals surface area contributed by atoms with Crippen LogP contribution in [0.5, 0.6) is 17.4 Å². The van der Waals surface area contributed by atoms with Crippen LogP contribution in [0.4, 0.5) is 4.39 Å². The molecule has 0 spiro atoms. The molecule has 3 heterocycles. The summed E-state index contributed by atoms with van der Waals surface area (Å²) in [5.41, 5.74) is 0.586. The number of likely N-dealkylation sites (tertiary alicyclic amines) is 2. The third kappa shape index (κ3) is 6.63. The van der Waals surface area contributed by atoms with Crippen molar-refractivity contribution in [2.75, 3.05) is 32.7 Å². The maximum atomic E-state index is 13.1. The second-order valence-corrected chi connectivity index (χ2v) is 9.32. The van der Waals surface area contributed by atoms with Crippen molar-refractivity contribution in [3.63, 3.8) is 0 Å². The molecule has 2 aromatic rings. The van der Waals surface area contributed by atoms with Gasteiger partial charge in [-0.3, -0.25) is 9.59 Å². The number of amides is 2. The van der Waals surface area contributed by atoms with Gasteiger partial charge in [-0.2, -0.15) is 0 Å². The molecule has 1 atom stereocenters. The van der Waals surface area contributed by atoms with Gasteiger partial charge in [-0.05, 0) is 57.2 Å². The number of carbonyl (C=O) groups excluding carboxylic acids is 2. The van der Waals surface area contributed by atoms with Gasteiger partial charge in [-0.1, -0.05) is 6.58 Å². The Bertz CT molecular complexity index is 1240. The minimum atomic E-state index is -0.661. The van der Waals surface area contributed by atoms with Gasteiger partial charge in [0.15, 0.2) is 6.10 Å². The van der Waals surface area contributed by atoms with Gasteiger partial charge >= 0.3 is 0 Å². The number of ether oxygens (including phenoxy) is 2. The number of amidine groups is 1. The molecule has 2 saturated heterocycles. The fourth-order valence-corrected chi connectivity index (χ4v) is 4.47. The molecule has 9 nitrogen and oxygen atoms in total. The average Bonchev–Trinajstić information content (AvgIpc) is 3.26. The van der Waals surface area contributed by atoms with Crippen LogP contribution in [0.1, 0.15) is 27.2 Å². The summed E-state index contributed by atoms with van der Waals surface area (Å²) >= 11 is 0. The lowest BCUT2D eigenvalue weighted by Crippen LogP contribution is -2.55. The Hall–Kier alpha value is -4.21. The number of hydrogen-bond acceptors (Lipinski definition) is 6. The van der Waals surface area contributed by atoms with Crippen LogP contribution < -0.4 is 9.47 Å². The average molecular weight is 536 g/mol. The van der Waals surface area contributed by atoms with Gasteiger partial charge in [0, 0.05) is 45.2 Å². The molecule has 2 aliphatic heterocycles. The van der Waals surface area contributed by atoms with Crippen LogP contribution >= 0.6 is 0 Å². The topological polar surface area (TPSA) is 87.6 Å². The first-order chi connectivity index (χ1) is 18.8. The number of hydrogen-bond donors (Lipinski definition) is 0. The van der Waals surface area contributed by atoms with E-state index in [1.54, 1.807) is 29.3 Å². The normalized spacial score (nSPS) is 18.2. The zero-order chi connectivity index (χ0) is 27.9. The fourth-order valence-electron chi connectivity index (χ4n) is 4.47. The zero-order valence-electron chi connectivity index (χ0n) is 22.5. The number of pyridine rings is 1. The lowest BCUT2D eigenvalue weighted by atomic mass is 9.98. The highest BCUT2D eigenvalue weighted by atomic mass is 19.1. The lowest BCUT2D eigenvalue weighted by molar-refractivity contribution is -0.139. The van der Waals surface area contributed by atoms with Gasteiger partial charge in [-0.25, -0.2) is 14.4 Å². The van der Waals surface area contributed by atoms with Crippen molar-refractivity contribution in [3.05, 3.63) is 73.0 Å². The number of benzene rings is 1. The van der Waals surface area contributed by atoms with Crippen molar-refractivity contribution in [2.24, 2.45) is 10.9 Å². The van der Waals surface area contributed by atoms with E-state index in [1.807, 2.05) is 25.7 Å². The van der Waals surface area contributed by atoms with Gasteiger partial charge in [0.25, 0.3) is 5.91 Å². The molecule has 0 unspecified atom stereocenters. The van der Waals surface area contributed by atoms with Gasteiger partial charge in [0.2, 0.25) is 11.8 Å². The molecular weight excluding hydrogens is 501 g/mol. The van der Waals surface area contributed by atoms with E-state index < -0.39 is 6.10 Å². The first-order valence-electron chi connectivity index (χ1n) is 13.1. The Balaban J connectivity index is 1.31. The second kappa shape index (κ2) is 12.6. The van der Waals surface area contributed by atoms with Gasteiger partial charge in [0.05, 0.1) is 24.0 Å². The van der Waals surface area contributed by atoms with E-state index in [-0.39, 0.29) is 23.5 Å². The number of allylic oxidation sites excluding steroid dienone is 1. The number of halogens is 1. The summed E-state index contributed by atoms with van der Waals surface area (Å²) in [6, 6.07) is 8.93. The van der Waals surface area contributed by atoms with Gasteiger partial charge in [-0.15, -0.1) is 0 Å². The maximum absolute atomic E-state index is 13.1. The molecular formula is C29H34FN5O4. The number of nitrogens with zero attached hydrogens (tertiary/aromatic N) is 5. The van der Waals surface area contributed by atoms with Crippen molar-refractivity contribution in [3.8, 4) is 17.4 Å². The predicted molar refractivity (Wildman–Crippen MR) is 146 cm³/mol. The van der Waals surface area contributed by atoms with Crippen molar-refractivity contribution in [1.82, 2.24) is 19.7 Å². The molecule has 0 saturated carbocycles. The van der Waals surface area contributed by atoms with Crippen LogP contribution in [0.2, 0.25) is 0 Å². The molecule has 0 aliphatic carbocycles. The highest BCUT2D eigenvalue weighted by molar-refractivity contribution is 5.87. The molecule has 2 aliphatic rings. The third-order valence-corrected chi connectivity index (χ3v) is 6.85. The first-order valence-corrected chi connectivity index (χ1v) is 13.1. The van der Waals surface area contributed by atoms with Crippen LogP contribution in [0.3, 0.4) is 0 Å². The van der Waals surface area contributed by atoms with Crippen LogP contribution in [0.25, 0.3) is 0 Å². The van der Waals surface area contributed by atoms with Crippen LogP contribution in [0.15, 0.2) is 72.1 Å². The van der Waals surface area contributed by atoms with E-state index in [9.17, 15) is 14.0 Å². The Morgan fingerprint density at radius 3 is 2.49 bits per heavy atom. The van der Waals surface area contributed by atoms with E-state index in [0.717, 1.165) is 5.84 Å². The quantitative estimate of drug-likeness (QED) is 0.257. The highest BCUT2D eigenvalue weighted by Crippen LogP contribution is 2.26. The van der Waals surface area contributed by atoms with E-state index in [2.05, 4.69) is 21.5 Å². The highest BCUT2D eigenvalue weighted by Gasteiger charge is 2.36. The number of aromatic nitrogens is 1. The van der Waals surface area contributed by atoms with Crippen LogP contribution in [-0.4, -0.2) is 76.2 Å². The number of carbonyl (C=O) groups is 2. The fraction of sp³-hybridized carbons (Fsp3) is 0.379. The van der Waals surface area contributed by atoms with E-state index in [4.69, 9.17) is 9.47 Å².